The highest BCUT2D eigenvalue weighted by Crippen LogP contribution is 2.35. The quantitative estimate of drug-likeness (QED) is 0.286. The molecule has 0 fully saturated rings. The van der Waals surface area contributed by atoms with E-state index in [0.717, 1.165) is 16.9 Å². The molecule has 0 radical (unpaired) electrons. The van der Waals surface area contributed by atoms with Gasteiger partial charge in [0.2, 0.25) is 11.8 Å². The molecule has 4 rings (SSSR count). The third-order valence-electron chi connectivity index (χ3n) is 5.19. The number of ether oxygens (including phenoxy) is 2. The molecule has 3 aromatic carbocycles. The van der Waals surface area contributed by atoms with Gasteiger partial charge in [-0.05, 0) is 59.5 Å². The Kier molecular flexibility index (Phi) is 7.27. The number of carbonyl (C=O) groups excluding carboxylic acids is 1. The van der Waals surface area contributed by atoms with Crippen LogP contribution in [0, 0.1) is 0 Å². The topological polar surface area (TPSA) is 60.5 Å². The molecule has 1 amide bonds. The molecule has 0 aliphatic heterocycles. The van der Waals surface area contributed by atoms with E-state index < -0.39 is 0 Å². The standard InChI is InChI=1S/C30H28N2O3/c1-30(2,3)25-15-7-8-17-27(25)35-29-26(16-10-20-31-29)32-28(33)19-18-22-11-9-14-24(21-22)34-23-12-5-4-6-13-23/h4-21H,1-3H3,(H,32,33)/b19-18+. The van der Waals surface area contributed by atoms with Crippen LogP contribution in [0.3, 0.4) is 0 Å². The average Bonchev–Trinajstić information content (AvgIpc) is 2.85. The third-order valence-corrected chi connectivity index (χ3v) is 5.19. The Hall–Kier alpha value is -4.38. The minimum atomic E-state index is -0.290. The van der Waals surface area contributed by atoms with E-state index >= 15 is 0 Å². The molecule has 35 heavy (non-hydrogen) atoms. The summed E-state index contributed by atoms with van der Waals surface area (Å²) < 4.78 is 12.0. The summed E-state index contributed by atoms with van der Waals surface area (Å²) in [5, 5.41) is 2.87. The van der Waals surface area contributed by atoms with E-state index in [4.69, 9.17) is 9.47 Å². The molecule has 5 heteroatoms. The maximum atomic E-state index is 12.7. The fourth-order valence-electron chi connectivity index (χ4n) is 3.50. The molecule has 176 valence electrons. The summed E-state index contributed by atoms with van der Waals surface area (Å²) in [7, 11) is 0. The van der Waals surface area contributed by atoms with Crippen LogP contribution in [0.5, 0.6) is 23.1 Å². The first kappa shape index (κ1) is 23.8. The summed E-state index contributed by atoms with van der Waals surface area (Å²) >= 11 is 0. The summed E-state index contributed by atoms with van der Waals surface area (Å²) in [4.78, 5) is 17.0. The fraction of sp³-hybridized carbons (Fsp3) is 0.133. The molecule has 0 saturated heterocycles. The number of benzene rings is 3. The molecule has 5 nitrogen and oxygen atoms in total. The molecule has 4 aromatic rings. The summed E-state index contributed by atoms with van der Waals surface area (Å²) in [6.07, 6.45) is 4.85. The Morgan fingerprint density at radius 1 is 0.829 bits per heavy atom. The van der Waals surface area contributed by atoms with E-state index in [9.17, 15) is 4.79 Å². The van der Waals surface area contributed by atoms with E-state index in [-0.39, 0.29) is 11.3 Å². The van der Waals surface area contributed by atoms with Gasteiger partial charge in [0.05, 0.1) is 0 Å². The first-order valence-corrected chi connectivity index (χ1v) is 11.4. The second-order valence-electron chi connectivity index (χ2n) is 9.01. The van der Waals surface area contributed by atoms with Gasteiger partial charge in [-0.25, -0.2) is 4.98 Å². The molecule has 0 saturated carbocycles. The van der Waals surface area contributed by atoms with Crippen molar-refractivity contribution in [2.24, 2.45) is 0 Å². The van der Waals surface area contributed by atoms with E-state index in [1.54, 1.807) is 24.4 Å². The van der Waals surface area contributed by atoms with Crippen LogP contribution >= 0.6 is 0 Å². The molecule has 0 spiro atoms. The van der Waals surface area contributed by atoms with Crippen molar-refractivity contribution in [1.82, 2.24) is 4.98 Å². The summed E-state index contributed by atoms with van der Waals surface area (Å²) in [6.45, 7) is 6.38. The van der Waals surface area contributed by atoms with Gasteiger partial charge in [-0.1, -0.05) is 69.3 Å². The van der Waals surface area contributed by atoms with Crippen LogP contribution in [-0.4, -0.2) is 10.9 Å². The van der Waals surface area contributed by atoms with Crippen molar-refractivity contribution >= 4 is 17.7 Å². The zero-order valence-corrected chi connectivity index (χ0v) is 20.1. The number of nitrogens with zero attached hydrogens (tertiary/aromatic N) is 1. The molecule has 1 N–H and O–H groups in total. The second kappa shape index (κ2) is 10.7. The first-order valence-electron chi connectivity index (χ1n) is 11.4. The Morgan fingerprint density at radius 3 is 2.37 bits per heavy atom. The maximum Gasteiger partial charge on any atom is 0.248 e. The normalized spacial score (nSPS) is 11.3. The van der Waals surface area contributed by atoms with Crippen LogP contribution in [0.25, 0.3) is 6.08 Å². The van der Waals surface area contributed by atoms with Crippen LogP contribution < -0.4 is 14.8 Å². The van der Waals surface area contributed by atoms with Crippen molar-refractivity contribution < 1.29 is 14.3 Å². The molecule has 0 bridgehead atoms. The van der Waals surface area contributed by atoms with Crippen molar-refractivity contribution in [3.63, 3.8) is 0 Å². The number of amides is 1. The average molecular weight is 465 g/mol. The Morgan fingerprint density at radius 2 is 1.57 bits per heavy atom. The summed E-state index contributed by atoms with van der Waals surface area (Å²) in [5.41, 5.74) is 2.29. The molecule has 0 aliphatic carbocycles. The highest BCUT2D eigenvalue weighted by Gasteiger charge is 2.20. The number of hydrogen-bond acceptors (Lipinski definition) is 4. The van der Waals surface area contributed by atoms with Gasteiger partial charge in [0, 0.05) is 17.8 Å². The van der Waals surface area contributed by atoms with Gasteiger partial charge in [-0.3, -0.25) is 4.79 Å². The first-order chi connectivity index (χ1) is 16.9. The molecular weight excluding hydrogens is 436 g/mol. The Labute approximate surface area is 206 Å². The summed E-state index contributed by atoms with van der Waals surface area (Å²) in [5.74, 6) is 2.20. The van der Waals surface area contributed by atoms with Crippen LogP contribution in [0.15, 0.2) is 103 Å². The number of nitrogens with one attached hydrogen (secondary N) is 1. The molecular formula is C30H28N2O3. The zero-order chi connectivity index (χ0) is 24.7. The molecule has 0 aliphatic rings. The van der Waals surface area contributed by atoms with Gasteiger partial charge in [-0.15, -0.1) is 0 Å². The Balaban J connectivity index is 1.46. The molecule has 0 atom stereocenters. The highest BCUT2D eigenvalue weighted by molar-refractivity contribution is 6.02. The monoisotopic (exact) mass is 464 g/mol. The van der Waals surface area contributed by atoms with Gasteiger partial charge in [0.15, 0.2) is 0 Å². The minimum absolute atomic E-state index is 0.101. The third kappa shape index (κ3) is 6.58. The van der Waals surface area contributed by atoms with E-state index in [0.29, 0.717) is 23.1 Å². The molecule has 1 heterocycles. The number of aromatic nitrogens is 1. The predicted molar refractivity (Wildman–Crippen MR) is 140 cm³/mol. The number of carbonyl (C=O) groups is 1. The lowest BCUT2D eigenvalue weighted by Gasteiger charge is -2.22. The summed E-state index contributed by atoms with van der Waals surface area (Å²) in [6, 6.07) is 28.5. The molecule has 1 aromatic heterocycles. The number of rotatable bonds is 7. The van der Waals surface area contributed by atoms with Gasteiger partial charge >= 0.3 is 0 Å². The van der Waals surface area contributed by atoms with Crippen LogP contribution in [0.4, 0.5) is 5.69 Å². The van der Waals surface area contributed by atoms with Gasteiger partial charge in [0.1, 0.15) is 22.9 Å². The van der Waals surface area contributed by atoms with Crippen LogP contribution in [-0.2, 0) is 10.2 Å². The van der Waals surface area contributed by atoms with Crippen molar-refractivity contribution in [3.05, 3.63) is 114 Å². The number of pyridine rings is 1. The van der Waals surface area contributed by atoms with E-state index in [2.05, 4.69) is 31.1 Å². The fourth-order valence-corrected chi connectivity index (χ4v) is 3.50. The van der Waals surface area contributed by atoms with E-state index in [1.165, 1.54) is 6.08 Å². The van der Waals surface area contributed by atoms with Crippen LogP contribution in [0.1, 0.15) is 31.9 Å². The zero-order valence-electron chi connectivity index (χ0n) is 20.1. The SMILES string of the molecule is CC(C)(C)c1ccccc1Oc1ncccc1NC(=O)/C=C/c1cccc(Oc2ccccc2)c1. The van der Waals surface area contributed by atoms with Crippen molar-refractivity contribution in [2.75, 3.05) is 5.32 Å². The number of hydrogen-bond donors (Lipinski definition) is 1. The lowest BCUT2D eigenvalue weighted by atomic mass is 9.86. The molecule has 0 unspecified atom stereocenters. The van der Waals surface area contributed by atoms with Crippen molar-refractivity contribution in [3.8, 4) is 23.1 Å². The highest BCUT2D eigenvalue weighted by atomic mass is 16.5. The van der Waals surface area contributed by atoms with Crippen LogP contribution in [0.2, 0.25) is 0 Å². The van der Waals surface area contributed by atoms with E-state index in [1.807, 2.05) is 78.9 Å². The second-order valence-corrected chi connectivity index (χ2v) is 9.01. The van der Waals surface area contributed by atoms with Gasteiger partial charge in [-0.2, -0.15) is 0 Å². The van der Waals surface area contributed by atoms with Crippen molar-refractivity contribution in [2.45, 2.75) is 26.2 Å². The largest absolute Gasteiger partial charge is 0.457 e. The lowest BCUT2D eigenvalue weighted by molar-refractivity contribution is -0.111. The Bertz CT molecular complexity index is 1320. The van der Waals surface area contributed by atoms with Gasteiger partial charge < -0.3 is 14.8 Å². The maximum absolute atomic E-state index is 12.7. The minimum Gasteiger partial charge on any atom is -0.457 e. The lowest BCUT2D eigenvalue weighted by Crippen LogP contribution is -2.13. The predicted octanol–water partition coefficient (Wildman–Crippen LogP) is 7.62. The number of anilines is 1. The van der Waals surface area contributed by atoms with Crippen molar-refractivity contribution in [1.29, 1.82) is 0 Å². The van der Waals surface area contributed by atoms with Gasteiger partial charge in [0.25, 0.3) is 0 Å². The number of para-hydroxylation sites is 2. The smallest absolute Gasteiger partial charge is 0.248 e.